The van der Waals surface area contributed by atoms with Gasteiger partial charge in [-0.3, -0.25) is 0 Å². The van der Waals surface area contributed by atoms with E-state index in [2.05, 4.69) is 12.2 Å². The first-order chi connectivity index (χ1) is 8.83. The van der Waals surface area contributed by atoms with E-state index in [1.807, 2.05) is 13.1 Å². The molecule has 2 unspecified atom stereocenters. The molecule has 1 aliphatic carbocycles. The predicted octanol–water partition coefficient (Wildman–Crippen LogP) is 3.48. The first-order valence-electron chi connectivity index (χ1n) is 7.15. The highest BCUT2D eigenvalue weighted by Crippen LogP contribution is 2.29. The van der Waals surface area contributed by atoms with E-state index >= 15 is 0 Å². The number of hydrogen-bond acceptors (Lipinski definition) is 3. The van der Waals surface area contributed by atoms with Crippen molar-refractivity contribution in [3.63, 3.8) is 0 Å². The molecule has 1 aromatic heterocycles. The second kappa shape index (κ2) is 6.95. The van der Waals surface area contributed by atoms with Gasteiger partial charge in [-0.25, -0.2) is 0 Å². The Morgan fingerprint density at radius 1 is 1.44 bits per heavy atom. The summed E-state index contributed by atoms with van der Waals surface area (Å²) in [5, 5.41) is 3.15. The maximum atomic E-state index is 6.02. The van der Waals surface area contributed by atoms with Gasteiger partial charge in [0.05, 0.1) is 12.4 Å². The molecule has 2 rings (SSSR count). The Bertz CT molecular complexity index is 348. The minimum absolute atomic E-state index is 0.427. The summed E-state index contributed by atoms with van der Waals surface area (Å²) in [6.45, 7) is 3.74. The topological polar surface area (TPSA) is 34.4 Å². The quantitative estimate of drug-likeness (QED) is 0.840. The smallest absolute Gasteiger partial charge is 0.133 e. The number of hydrogen-bond donors (Lipinski definition) is 1. The van der Waals surface area contributed by atoms with E-state index in [0.717, 1.165) is 18.2 Å². The number of ether oxygens (including phenoxy) is 1. The lowest BCUT2D eigenvalue weighted by atomic mass is 9.85. The summed E-state index contributed by atoms with van der Waals surface area (Å²) in [7, 11) is 1.95. The Morgan fingerprint density at radius 3 is 3.11 bits per heavy atom. The summed E-state index contributed by atoms with van der Waals surface area (Å²) in [5.74, 6) is 1.83. The maximum absolute atomic E-state index is 6.02. The normalized spacial score (nSPS) is 24.3. The lowest BCUT2D eigenvalue weighted by Crippen LogP contribution is -2.22. The van der Waals surface area contributed by atoms with E-state index in [1.54, 1.807) is 6.26 Å². The van der Waals surface area contributed by atoms with E-state index in [1.165, 1.54) is 37.7 Å². The third kappa shape index (κ3) is 3.59. The number of rotatable bonds is 6. The first kappa shape index (κ1) is 13.6. The maximum Gasteiger partial charge on any atom is 0.133 e. The predicted molar refractivity (Wildman–Crippen MR) is 72.3 cm³/mol. The van der Waals surface area contributed by atoms with E-state index in [4.69, 9.17) is 9.15 Å². The van der Waals surface area contributed by atoms with E-state index in [9.17, 15) is 0 Å². The lowest BCUT2D eigenvalue weighted by Gasteiger charge is -2.28. The average molecular weight is 251 g/mol. The molecule has 1 N–H and O–H groups in total. The van der Waals surface area contributed by atoms with E-state index < -0.39 is 0 Å². The third-order valence-electron chi connectivity index (χ3n) is 3.97. The van der Waals surface area contributed by atoms with Crippen molar-refractivity contribution in [2.24, 2.45) is 5.92 Å². The minimum atomic E-state index is 0.427. The van der Waals surface area contributed by atoms with Crippen LogP contribution in [0.3, 0.4) is 0 Å². The van der Waals surface area contributed by atoms with Crippen molar-refractivity contribution in [3.05, 3.63) is 23.7 Å². The Kier molecular flexibility index (Phi) is 5.26. The van der Waals surface area contributed by atoms with Crippen LogP contribution in [0.25, 0.3) is 0 Å². The Balaban J connectivity index is 1.81. The minimum Gasteiger partial charge on any atom is -0.467 e. The number of furan rings is 1. The second-order valence-electron chi connectivity index (χ2n) is 5.27. The highest BCUT2D eigenvalue weighted by Gasteiger charge is 2.21. The fraction of sp³-hybridized carbons (Fsp3) is 0.733. The molecule has 1 aromatic rings. The monoisotopic (exact) mass is 251 g/mol. The molecule has 0 bridgehead atoms. The summed E-state index contributed by atoms with van der Waals surface area (Å²) in [5.41, 5.74) is 1.21. The van der Waals surface area contributed by atoms with Crippen LogP contribution in [0.5, 0.6) is 0 Å². The van der Waals surface area contributed by atoms with Gasteiger partial charge in [0.25, 0.3) is 0 Å². The van der Waals surface area contributed by atoms with E-state index in [-0.39, 0.29) is 0 Å². The molecule has 0 spiro atoms. The Hall–Kier alpha value is -0.800. The number of nitrogens with one attached hydrogen (secondary N) is 1. The molecule has 0 amide bonds. The molecule has 18 heavy (non-hydrogen) atoms. The molecule has 0 aliphatic heterocycles. The zero-order valence-corrected chi connectivity index (χ0v) is 11.6. The van der Waals surface area contributed by atoms with Crippen molar-refractivity contribution in [3.8, 4) is 0 Å². The molecule has 3 heteroatoms. The molecule has 102 valence electrons. The van der Waals surface area contributed by atoms with Crippen LogP contribution in [-0.4, -0.2) is 13.2 Å². The van der Waals surface area contributed by atoms with Crippen molar-refractivity contribution >= 4 is 0 Å². The molecule has 1 aliphatic rings. The van der Waals surface area contributed by atoms with Gasteiger partial charge in [0.1, 0.15) is 12.4 Å². The standard InChI is InChI=1S/C15H25NO2/c1-3-12-5-4-6-14(9-12)18-11-15-13(10-16-2)7-8-17-15/h7-8,12,14,16H,3-6,9-11H2,1-2H3. The molecular formula is C15H25NO2. The molecule has 1 saturated carbocycles. The fourth-order valence-electron chi connectivity index (χ4n) is 2.80. The van der Waals surface area contributed by atoms with Crippen LogP contribution >= 0.6 is 0 Å². The van der Waals surface area contributed by atoms with Gasteiger partial charge in [-0.05, 0) is 31.9 Å². The van der Waals surface area contributed by atoms with Crippen molar-refractivity contribution in [1.29, 1.82) is 0 Å². The van der Waals surface area contributed by atoms with Crippen LogP contribution in [0, 0.1) is 5.92 Å². The highest BCUT2D eigenvalue weighted by atomic mass is 16.5. The van der Waals surface area contributed by atoms with Crippen LogP contribution in [0.15, 0.2) is 16.7 Å². The van der Waals surface area contributed by atoms with Crippen molar-refractivity contribution in [1.82, 2.24) is 5.32 Å². The summed E-state index contributed by atoms with van der Waals surface area (Å²) in [6.07, 6.45) is 8.58. The molecule has 2 atom stereocenters. The van der Waals surface area contributed by atoms with Gasteiger partial charge in [0.2, 0.25) is 0 Å². The van der Waals surface area contributed by atoms with Crippen molar-refractivity contribution in [2.75, 3.05) is 7.05 Å². The first-order valence-corrected chi connectivity index (χ1v) is 7.15. The molecule has 0 radical (unpaired) electrons. The van der Waals surface area contributed by atoms with Gasteiger partial charge in [0.15, 0.2) is 0 Å². The SMILES string of the molecule is CCC1CCCC(OCc2occc2CNC)C1. The van der Waals surface area contributed by atoms with Crippen LogP contribution < -0.4 is 5.32 Å². The van der Waals surface area contributed by atoms with Crippen LogP contribution in [-0.2, 0) is 17.9 Å². The zero-order chi connectivity index (χ0) is 12.8. The molecule has 1 heterocycles. The molecule has 0 aromatic carbocycles. The Morgan fingerprint density at radius 2 is 2.33 bits per heavy atom. The van der Waals surface area contributed by atoms with Gasteiger partial charge in [-0.1, -0.05) is 26.2 Å². The zero-order valence-electron chi connectivity index (χ0n) is 11.6. The largest absolute Gasteiger partial charge is 0.467 e. The molecule has 3 nitrogen and oxygen atoms in total. The fourth-order valence-corrected chi connectivity index (χ4v) is 2.80. The summed E-state index contributed by atoms with van der Waals surface area (Å²) in [4.78, 5) is 0. The Labute approximate surface area is 110 Å². The third-order valence-corrected chi connectivity index (χ3v) is 3.97. The summed E-state index contributed by atoms with van der Waals surface area (Å²) >= 11 is 0. The van der Waals surface area contributed by atoms with Gasteiger partial charge < -0.3 is 14.5 Å². The van der Waals surface area contributed by atoms with Crippen molar-refractivity contribution < 1.29 is 9.15 Å². The summed E-state index contributed by atoms with van der Waals surface area (Å²) < 4.78 is 11.5. The van der Waals surface area contributed by atoms with Crippen molar-refractivity contribution in [2.45, 2.75) is 58.3 Å². The molecule has 0 saturated heterocycles. The molecule has 1 fully saturated rings. The van der Waals surface area contributed by atoms with Crippen LogP contribution in [0.2, 0.25) is 0 Å². The van der Waals surface area contributed by atoms with Gasteiger partial charge in [0, 0.05) is 12.1 Å². The van der Waals surface area contributed by atoms with Crippen LogP contribution in [0.1, 0.15) is 50.4 Å². The van der Waals surface area contributed by atoms with E-state index in [0.29, 0.717) is 12.7 Å². The highest BCUT2D eigenvalue weighted by molar-refractivity contribution is 5.15. The lowest BCUT2D eigenvalue weighted by molar-refractivity contribution is -0.00572. The van der Waals surface area contributed by atoms with Gasteiger partial charge in [-0.15, -0.1) is 0 Å². The van der Waals surface area contributed by atoms with Gasteiger partial charge in [-0.2, -0.15) is 0 Å². The second-order valence-corrected chi connectivity index (χ2v) is 5.27. The van der Waals surface area contributed by atoms with Gasteiger partial charge >= 0.3 is 0 Å². The average Bonchev–Trinajstić information content (AvgIpc) is 2.85. The molecular weight excluding hydrogens is 226 g/mol. The van der Waals surface area contributed by atoms with Crippen LogP contribution in [0.4, 0.5) is 0 Å². The summed E-state index contributed by atoms with van der Waals surface area (Å²) in [6, 6.07) is 2.02.